The van der Waals surface area contributed by atoms with Crippen LogP contribution in [0.5, 0.6) is 11.5 Å². The van der Waals surface area contributed by atoms with Crippen LogP contribution in [-0.2, 0) is 4.79 Å². The van der Waals surface area contributed by atoms with E-state index < -0.39 is 0 Å². The van der Waals surface area contributed by atoms with Gasteiger partial charge in [0.1, 0.15) is 17.3 Å². The largest absolute Gasteiger partial charge is 0.497 e. The standard InChI is InChI=1S/C15H19NO3/c1-18-13-5-6-15(19-2)14(9-13)16-10-3-4-11(16)8-12(17)7-10/h5-6,9-11H,3-4,7-8H2,1-2H3. The molecule has 4 nitrogen and oxygen atoms in total. The number of ketones is 1. The lowest BCUT2D eigenvalue weighted by Crippen LogP contribution is -2.43. The Kier molecular flexibility index (Phi) is 3.09. The number of fused-ring (bicyclic) bond motifs is 2. The van der Waals surface area contributed by atoms with Gasteiger partial charge >= 0.3 is 0 Å². The number of carbonyl (C=O) groups excluding carboxylic acids is 1. The predicted molar refractivity (Wildman–Crippen MR) is 73.1 cm³/mol. The lowest BCUT2D eigenvalue weighted by atomic mass is 10.0. The summed E-state index contributed by atoms with van der Waals surface area (Å²) in [7, 11) is 3.35. The summed E-state index contributed by atoms with van der Waals surface area (Å²) in [6.07, 6.45) is 3.52. The molecule has 0 radical (unpaired) electrons. The van der Waals surface area contributed by atoms with Gasteiger partial charge in [-0.25, -0.2) is 0 Å². The molecule has 2 bridgehead atoms. The maximum Gasteiger partial charge on any atom is 0.142 e. The lowest BCUT2D eigenvalue weighted by Gasteiger charge is -2.36. The second-order valence-electron chi connectivity index (χ2n) is 5.28. The minimum Gasteiger partial charge on any atom is -0.497 e. The van der Waals surface area contributed by atoms with Crippen LogP contribution in [0.15, 0.2) is 18.2 Å². The zero-order valence-corrected chi connectivity index (χ0v) is 11.4. The van der Waals surface area contributed by atoms with E-state index in [2.05, 4.69) is 4.90 Å². The van der Waals surface area contributed by atoms with Crippen LogP contribution in [0.1, 0.15) is 25.7 Å². The van der Waals surface area contributed by atoms with Gasteiger partial charge in [-0.1, -0.05) is 0 Å². The SMILES string of the molecule is COc1ccc(OC)c(N2C3CCC2CC(=O)C3)c1. The van der Waals surface area contributed by atoms with E-state index in [0.717, 1.165) is 30.0 Å². The van der Waals surface area contributed by atoms with Gasteiger partial charge in [0, 0.05) is 31.0 Å². The smallest absolute Gasteiger partial charge is 0.142 e. The number of nitrogens with zero attached hydrogens (tertiary/aromatic N) is 1. The Morgan fingerprint density at radius 3 is 2.37 bits per heavy atom. The van der Waals surface area contributed by atoms with Crippen molar-refractivity contribution >= 4 is 11.5 Å². The van der Waals surface area contributed by atoms with Gasteiger partial charge in [0.15, 0.2) is 0 Å². The average Bonchev–Trinajstić information content (AvgIpc) is 2.70. The van der Waals surface area contributed by atoms with E-state index in [1.807, 2.05) is 18.2 Å². The quantitative estimate of drug-likeness (QED) is 0.837. The van der Waals surface area contributed by atoms with Crippen LogP contribution in [0.4, 0.5) is 5.69 Å². The number of carbonyl (C=O) groups is 1. The molecule has 2 atom stereocenters. The van der Waals surface area contributed by atoms with Gasteiger partial charge in [-0.2, -0.15) is 0 Å². The summed E-state index contributed by atoms with van der Waals surface area (Å²) in [5.74, 6) is 2.07. The zero-order chi connectivity index (χ0) is 13.4. The molecule has 1 aromatic rings. The molecular weight excluding hydrogens is 242 g/mol. The third-order valence-corrected chi connectivity index (χ3v) is 4.21. The minimum absolute atomic E-state index is 0.326. The summed E-state index contributed by atoms with van der Waals surface area (Å²) in [4.78, 5) is 14.1. The Morgan fingerprint density at radius 2 is 1.79 bits per heavy atom. The maximum absolute atomic E-state index is 11.7. The Morgan fingerprint density at radius 1 is 1.11 bits per heavy atom. The number of piperidine rings is 1. The highest BCUT2D eigenvalue weighted by molar-refractivity contribution is 5.83. The zero-order valence-electron chi connectivity index (χ0n) is 11.4. The first-order chi connectivity index (χ1) is 9.22. The fourth-order valence-electron chi connectivity index (χ4n) is 3.36. The van der Waals surface area contributed by atoms with E-state index >= 15 is 0 Å². The molecule has 3 rings (SSSR count). The number of rotatable bonds is 3. The van der Waals surface area contributed by atoms with Gasteiger partial charge in [0.2, 0.25) is 0 Å². The normalized spacial score (nSPS) is 25.6. The highest BCUT2D eigenvalue weighted by Crippen LogP contribution is 2.43. The summed E-state index contributed by atoms with van der Waals surface area (Å²) < 4.78 is 10.8. The number of Topliss-reactive ketones (excluding diaryl/α,β-unsaturated/α-hetero) is 1. The Bertz CT molecular complexity index is 484. The van der Waals surface area contributed by atoms with Crippen LogP contribution < -0.4 is 14.4 Å². The first-order valence-corrected chi connectivity index (χ1v) is 6.75. The monoisotopic (exact) mass is 261 g/mol. The maximum atomic E-state index is 11.7. The molecule has 2 aliphatic heterocycles. The summed E-state index contributed by atoms with van der Waals surface area (Å²) >= 11 is 0. The molecule has 0 aromatic heterocycles. The van der Waals surface area contributed by atoms with Crippen LogP contribution in [0, 0.1) is 0 Å². The van der Waals surface area contributed by atoms with Crippen LogP contribution in [0.25, 0.3) is 0 Å². The lowest BCUT2D eigenvalue weighted by molar-refractivity contribution is -0.120. The van der Waals surface area contributed by atoms with Gasteiger partial charge in [-0.15, -0.1) is 0 Å². The van der Waals surface area contributed by atoms with E-state index in [-0.39, 0.29) is 0 Å². The predicted octanol–water partition coefficient (Wildman–Crippen LogP) is 2.40. The number of anilines is 1. The molecule has 0 amide bonds. The van der Waals surface area contributed by atoms with Crippen molar-refractivity contribution in [2.75, 3.05) is 19.1 Å². The van der Waals surface area contributed by atoms with Gasteiger partial charge in [0.05, 0.1) is 19.9 Å². The number of hydrogen-bond acceptors (Lipinski definition) is 4. The molecule has 0 saturated carbocycles. The van der Waals surface area contributed by atoms with E-state index in [9.17, 15) is 4.79 Å². The van der Waals surface area contributed by atoms with Crippen molar-refractivity contribution in [1.29, 1.82) is 0 Å². The second kappa shape index (κ2) is 4.76. The molecule has 102 valence electrons. The molecule has 4 heteroatoms. The molecular formula is C15H19NO3. The molecule has 2 fully saturated rings. The van der Waals surface area contributed by atoms with Gasteiger partial charge in [-0.05, 0) is 25.0 Å². The van der Waals surface area contributed by atoms with Crippen molar-refractivity contribution in [2.45, 2.75) is 37.8 Å². The fraction of sp³-hybridized carbons (Fsp3) is 0.533. The van der Waals surface area contributed by atoms with Gasteiger partial charge < -0.3 is 14.4 Å². The first kappa shape index (κ1) is 12.3. The molecule has 2 heterocycles. The summed E-state index contributed by atoms with van der Waals surface area (Å²) in [6, 6.07) is 6.50. The van der Waals surface area contributed by atoms with Crippen molar-refractivity contribution < 1.29 is 14.3 Å². The first-order valence-electron chi connectivity index (χ1n) is 6.75. The number of benzene rings is 1. The highest BCUT2D eigenvalue weighted by Gasteiger charge is 2.41. The Hall–Kier alpha value is -1.71. The van der Waals surface area contributed by atoms with Crippen LogP contribution in [0.3, 0.4) is 0 Å². The van der Waals surface area contributed by atoms with Crippen LogP contribution in [0.2, 0.25) is 0 Å². The fourth-order valence-corrected chi connectivity index (χ4v) is 3.36. The van der Waals surface area contributed by atoms with Crippen molar-refractivity contribution in [3.8, 4) is 11.5 Å². The third kappa shape index (κ3) is 2.05. The number of methoxy groups -OCH3 is 2. The molecule has 1 aromatic carbocycles. The average molecular weight is 261 g/mol. The number of hydrogen-bond donors (Lipinski definition) is 0. The highest BCUT2D eigenvalue weighted by atomic mass is 16.5. The molecule has 2 aliphatic rings. The molecule has 0 aliphatic carbocycles. The van der Waals surface area contributed by atoms with Gasteiger partial charge in [-0.3, -0.25) is 4.79 Å². The van der Waals surface area contributed by atoms with Crippen molar-refractivity contribution in [3.05, 3.63) is 18.2 Å². The Labute approximate surface area is 113 Å². The third-order valence-electron chi connectivity index (χ3n) is 4.21. The topological polar surface area (TPSA) is 38.8 Å². The van der Waals surface area contributed by atoms with Crippen LogP contribution >= 0.6 is 0 Å². The molecule has 19 heavy (non-hydrogen) atoms. The van der Waals surface area contributed by atoms with Crippen molar-refractivity contribution in [2.24, 2.45) is 0 Å². The summed E-state index contributed by atoms with van der Waals surface area (Å²) in [5.41, 5.74) is 1.06. The van der Waals surface area contributed by atoms with E-state index in [4.69, 9.17) is 9.47 Å². The Balaban J connectivity index is 1.99. The molecule has 2 saturated heterocycles. The molecule has 0 spiro atoms. The molecule has 0 N–H and O–H groups in total. The molecule has 2 unspecified atom stereocenters. The van der Waals surface area contributed by atoms with Gasteiger partial charge in [0.25, 0.3) is 0 Å². The minimum atomic E-state index is 0.326. The second-order valence-corrected chi connectivity index (χ2v) is 5.28. The van der Waals surface area contributed by atoms with Crippen molar-refractivity contribution in [1.82, 2.24) is 0 Å². The van der Waals surface area contributed by atoms with E-state index in [0.29, 0.717) is 30.7 Å². The van der Waals surface area contributed by atoms with E-state index in [1.54, 1.807) is 14.2 Å². The summed E-state index contributed by atoms with van der Waals surface area (Å²) in [6.45, 7) is 0. The van der Waals surface area contributed by atoms with Crippen LogP contribution in [-0.4, -0.2) is 32.1 Å². The summed E-state index contributed by atoms with van der Waals surface area (Å²) in [5, 5.41) is 0. The number of ether oxygens (including phenoxy) is 2. The van der Waals surface area contributed by atoms with E-state index in [1.165, 1.54) is 0 Å². The van der Waals surface area contributed by atoms with Crippen molar-refractivity contribution in [3.63, 3.8) is 0 Å².